The Labute approximate surface area is 153 Å². The molecule has 2 aromatic carbocycles. The highest BCUT2D eigenvalue weighted by Crippen LogP contribution is 2.38. The lowest BCUT2D eigenvalue weighted by atomic mass is 10.1. The van der Waals surface area contributed by atoms with E-state index in [9.17, 15) is 5.11 Å². The van der Waals surface area contributed by atoms with Gasteiger partial charge in [0.15, 0.2) is 5.69 Å². The van der Waals surface area contributed by atoms with Crippen LogP contribution in [-0.2, 0) is 7.05 Å². The molecule has 3 rings (SSSR count). The number of aromatic hydroxyl groups is 1. The third kappa shape index (κ3) is 3.32. The molecule has 0 unspecified atom stereocenters. The molecule has 0 bridgehead atoms. The summed E-state index contributed by atoms with van der Waals surface area (Å²) in [6.45, 7) is 1.99. The van der Waals surface area contributed by atoms with E-state index in [1.807, 2.05) is 49.4 Å². The van der Waals surface area contributed by atoms with Crippen molar-refractivity contribution in [2.24, 2.45) is 17.3 Å². The Morgan fingerprint density at radius 2 is 1.92 bits per heavy atom. The van der Waals surface area contributed by atoms with E-state index in [1.54, 1.807) is 11.6 Å². The van der Waals surface area contributed by atoms with Gasteiger partial charge in [0.1, 0.15) is 0 Å². The van der Waals surface area contributed by atoms with Crippen LogP contribution in [0, 0.1) is 6.92 Å². The minimum atomic E-state index is 0.0609. The Morgan fingerprint density at radius 1 is 1.21 bits per heavy atom. The lowest BCUT2D eigenvalue weighted by molar-refractivity contribution is 0.436. The SMILES string of the molecule is Cc1ccc2c(c1)c(N=NC(=S)Nc1ccc(Br)cc1)c(O)n2C. The van der Waals surface area contributed by atoms with Gasteiger partial charge in [-0.15, -0.1) is 10.2 Å². The number of anilines is 1. The molecule has 0 aliphatic heterocycles. The maximum atomic E-state index is 10.3. The van der Waals surface area contributed by atoms with Gasteiger partial charge in [-0.05, 0) is 55.5 Å². The summed E-state index contributed by atoms with van der Waals surface area (Å²) in [5.74, 6) is 0.0609. The molecule has 24 heavy (non-hydrogen) atoms. The number of aromatic nitrogens is 1. The van der Waals surface area contributed by atoms with Crippen molar-refractivity contribution in [2.45, 2.75) is 6.92 Å². The summed E-state index contributed by atoms with van der Waals surface area (Å²) in [7, 11) is 1.78. The van der Waals surface area contributed by atoms with E-state index in [2.05, 4.69) is 31.5 Å². The number of nitrogens with one attached hydrogen (secondary N) is 1. The van der Waals surface area contributed by atoms with Gasteiger partial charge in [-0.25, -0.2) is 0 Å². The van der Waals surface area contributed by atoms with Crippen LogP contribution in [0.2, 0.25) is 0 Å². The Morgan fingerprint density at radius 3 is 2.62 bits per heavy atom. The molecular weight excluding hydrogens is 388 g/mol. The number of nitrogens with zero attached hydrogens (tertiary/aromatic N) is 3. The Hall–Kier alpha value is -2.25. The highest BCUT2D eigenvalue weighted by molar-refractivity contribution is 9.10. The van der Waals surface area contributed by atoms with Gasteiger partial charge in [-0.3, -0.25) is 0 Å². The predicted molar refractivity (Wildman–Crippen MR) is 104 cm³/mol. The molecule has 0 saturated carbocycles. The fraction of sp³-hybridized carbons (Fsp3) is 0.118. The summed E-state index contributed by atoms with van der Waals surface area (Å²) < 4.78 is 2.66. The maximum Gasteiger partial charge on any atom is 0.220 e. The second kappa shape index (κ2) is 6.70. The van der Waals surface area contributed by atoms with Gasteiger partial charge in [0.05, 0.1) is 5.52 Å². The molecule has 7 heteroatoms. The summed E-state index contributed by atoms with van der Waals surface area (Å²) in [5.41, 5.74) is 3.20. The van der Waals surface area contributed by atoms with Crippen molar-refractivity contribution in [3.05, 3.63) is 52.5 Å². The average Bonchev–Trinajstić information content (AvgIpc) is 2.78. The van der Waals surface area contributed by atoms with Crippen LogP contribution in [0.3, 0.4) is 0 Å². The Kier molecular flexibility index (Phi) is 4.64. The topological polar surface area (TPSA) is 61.9 Å². The van der Waals surface area contributed by atoms with E-state index in [1.165, 1.54) is 0 Å². The molecule has 0 fully saturated rings. The number of hydrogen-bond donors (Lipinski definition) is 2. The molecule has 0 radical (unpaired) electrons. The molecule has 0 aliphatic carbocycles. The number of hydrogen-bond acceptors (Lipinski definition) is 3. The zero-order valence-electron chi connectivity index (χ0n) is 13.1. The molecule has 1 aromatic heterocycles. The third-order valence-corrected chi connectivity index (χ3v) is 4.35. The Balaban J connectivity index is 1.87. The average molecular weight is 403 g/mol. The lowest BCUT2D eigenvalue weighted by Gasteiger charge is -2.02. The van der Waals surface area contributed by atoms with Crippen LogP contribution in [0.15, 0.2) is 57.2 Å². The van der Waals surface area contributed by atoms with Gasteiger partial charge in [-0.2, -0.15) is 0 Å². The first kappa shape index (κ1) is 16.6. The number of azo groups is 1. The van der Waals surface area contributed by atoms with E-state index in [0.717, 1.165) is 26.6 Å². The minimum absolute atomic E-state index is 0.0609. The molecular formula is C17H15BrN4OS. The first-order valence-electron chi connectivity index (χ1n) is 7.22. The highest BCUT2D eigenvalue weighted by atomic mass is 79.9. The molecule has 2 N–H and O–H groups in total. The van der Waals surface area contributed by atoms with Crippen molar-refractivity contribution in [1.82, 2.24) is 4.57 Å². The molecule has 0 amide bonds. The zero-order chi connectivity index (χ0) is 17.3. The monoisotopic (exact) mass is 402 g/mol. The number of aryl methyl sites for hydroxylation is 2. The minimum Gasteiger partial charge on any atom is -0.493 e. The van der Waals surface area contributed by atoms with E-state index in [0.29, 0.717) is 5.69 Å². The second-order valence-corrected chi connectivity index (χ2v) is 6.69. The summed E-state index contributed by atoms with van der Waals surface area (Å²) in [5, 5.41) is 22.5. The number of halogens is 1. The van der Waals surface area contributed by atoms with Crippen LogP contribution < -0.4 is 5.32 Å². The number of fused-ring (bicyclic) bond motifs is 1. The molecule has 0 aliphatic rings. The van der Waals surface area contributed by atoms with Crippen molar-refractivity contribution in [3.8, 4) is 5.88 Å². The van der Waals surface area contributed by atoms with Crippen LogP contribution in [-0.4, -0.2) is 14.8 Å². The van der Waals surface area contributed by atoms with E-state index in [4.69, 9.17) is 12.2 Å². The van der Waals surface area contributed by atoms with Crippen molar-refractivity contribution < 1.29 is 5.11 Å². The van der Waals surface area contributed by atoms with Crippen molar-refractivity contribution in [2.75, 3.05) is 5.32 Å². The predicted octanol–water partition coefficient (Wildman–Crippen LogP) is 5.44. The van der Waals surface area contributed by atoms with Crippen molar-refractivity contribution >= 4 is 55.5 Å². The molecule has 5 nitrogen and oxygen atoms in total. The summed E-state index contributed by atoms with van der Waals surface area (Å²) >= 11 is 8.57. The van der Waals surface area contributed by atoms with E-state index >= 15 is 0 Å². The molecule has 1 heterocycles. The fourth-order valence-corrected chi connectivity index (χ4v) is 2.82. The van der Waals surface area contributed by atoms with E-state index < -0.39 is 0 Å². The number of rotatable bonds is 2. The van der Waals surface area contributed by atoms with E-state index in [-0.39, 0.29) is 11.0 Å². The van der Waals surface area contributed by atoms with Gasteiger partial charge in [0.25, 0.3) is 0 Å². The van der Waals surface area contributed by atoms with Gasteiger partial charge in [-0.1, -0.05) is 27.6 Å². The van der Waals surface area contributed by atoms with Crippen LogP contribution in [0.5, 0.6) is 5.88 Å². The fourth-order valence-electron chi connectivity index (χ4n) is 2.40. The van der Waals surface area contributed by atoms with Gasteiger partial charge in [0, 0.05) is 22.6 Å². The van der Waals surface area contributed by atoms with Gasteiger partial charge in [0.2, 0.25) is 11.0 Å². The first-order chi connectivity index (χ1) is 11.5. The molecule has 0 spiro atoms. The van der Waals surface area contributed by atoms with Crippen LogP contribution >= 0.6 is 28.1 Å². The summed E-state index contributed by atoms with van der Waals surface area (Å²) in [6.07, 6.45) is 0. The molecule has 122 valence electrons. The molecule has 3 aromatic rings. The molecule has 0 atom stereocenters. The normalized spacial score (nSPS) is 11.3. The maximum absolute atomic E-state index is 10.3. The lowest BCUT2D eigenvalue weighted by Crippen LogP contribution is -2.04. The second-order valence-electron chi connectivity index (χ2n) is 5.39. The largest absolute Gasteiger partial charge is 0.493 e. The highest BCUT2D eigenvalue weighted by Gasteiger charge is 2.14. The Bertz CT molecular complexity index is 947. The van der Waals surface area contributed by atoms with Gasteiger partial charge < -0.3 is 15.0 Å². The smallest absolute Gasteiger partial charge is 0.220 e. The van der Waals surface area contributed by atoms with Crippen LogP contribution in [0.4, 0.5) is 11.4 Å². The number of thiocarbonyl (C=S) groups is 1. The van der Waals surface area contributed by atoms with Crippen LogP contribution in [0.1, 0.15) is 5.56 Å². The van der Waals surface area contributed by atoms with Crippen molar-refractivity contribution in [3.63, 3.8) is 0 Å². The van der Waals surface area contributed by atoms with Crippen molar-refractivity contribution in [1.29, 1.82) is 0 Å². The standard InChI is InChI=1S/C17H15BrN4OS/c1-10-3-8-14-13(9-10)15(16(23)22(14)2)20-21-17(24)19-12-6-4-11(18)5-7-12/h3-9,23H,1-2H3,(H,19,24). The summed E-state index contributed by atoms with van der Waals surface area (Å²) in [6, 6.07) is 13.5. The zero-order valence-corrected chi connectivity index (χ0v) is 15.5. The molecule has 0 saturated heterocycles. The van der Waals surface area contributed by atoms with Crippen LogP contribution in [0.25, 0.3) is 10.9 Å². The summed E-state index contributed by atoms with van der Waals surface area (Å²) in [4.78, 5) is 0. The first-order valence-corrected chi connectivity index (χ1v) is 8.42. The quantitative estimate of drug-likeness (QED) is 0.443. The third-order valence-electron chi connectivity index (χ3n) is 3.63. The van der Waals surface area contributed by atoms with Gasteiger partial charge >= 0.3 is 0 Å². The number of benzene rings is 2.